The highest BCUT2D eigenvalue weighted by Gasteiger charge is 2.40. The van der Waals surface area contributed by atoms with Crippen molar-refractivity contribution in [3.05, 3.63) is 23.8 Å². The lowest BCUT2D eigenvalue weighted by atomic mass is 9.65. The minimum atomic E-state index is -3.41. The molecule has 6 nitrogen and oxygen atoms in total. The summed E-state index contributed by atoms with van der Waals surface area (Å²) in [5, 5.41) is 2.94. The molecule has 25 heavy (non-hydrogen) atoms. The zero-order chi connectivity index (χ0) is 18.2. The molecule has 0 aromatic heterocycles. The van der Waals surface area contributed by atoms with Gasteiger partial charge in [0.05, 0.1) is 17.6 Å². The predicted octanol–water partition coefficient (Wildman–Crippen LogP) is 2.46. The first kappa shape index (κ1) is 18.2. The molecule has 1 aromatic carbocycles. The molecule has 2 bridgehead atoms. The van der Waals surface area contributed by atoms with Crippen LogP contribution in [0.5, 0.6) is 0 Å². The Morgan fingerprint density at radius 1 is 1.16 bits per heavy atom. The number of sulfonamides is 1. The van der Waals surface area contributed by atoms with Gasteiger partial charge in [0.2, 0.25) is 15.9 Å². The van der Waals surface area contributed by atoms with Crippen molar-refractivity contribution in [2.45, 2.75) is 45.1 Å². The summed E-state index contributed by atoms with van der Waals surface area (Å²) in [5.74, 6) is 0.761. The van der Waals surface area contributed by atoms with E-state index in [1.54, 1.807) is 12.1 Å². The summed E-state index contributed by atoms with van der Waals surface area (Å²) in [6, 6.07) is 5.50. The first-order valence-corrected chi connectivity index (χ1v) is 10.8. The largest absolute Gasteiger partial charge is 0.327 e. The SMILES string of the molecule is Cc1ccc(NS(C)(=O)=O)c(NC(=O)C2CC3CCCC(C2)C3N)c1. The molecule has 3 rings (SSSR count). The minimum absolute atomic E-state index is 0.0362. The second kappa shape index (κ2) is 6.96. The predicted molar refractivity (Wildman–Crippen MR) is 99.8 cm³/mol. The maximum absolute atomic E-state index is 12.8. The molecule has 0 spiro atoms. The molecule has 2 fully saturated rings. The van der Waals surface area contributed by atoms with Crippen molar-refractivity contribution in [3.8, 4) is 0 Å². The van der Waals surface area contributed by atoms with Crippen LogP contribution in [0.15, 0.2) is 18.2 Å². The van der Waals surface area contributed by atoms with Gasteiger partial charge in [-0.1, -0.05) is 12.5 Å². The molecule has 1 aromatic rings. The molecular formula is C18H27N3O3S. The van der Waals surface area contributed by atoms with Crippen LogP contribution in [0, 0.1) is 24.7 Å². The molecule has 2 aliphatic carbocycles. The third-order valence-corrected chi connectivity index (χ3v) is 6.10. The Bertz CT molecular complexity index is 749. The lowest BCUT2D eigenvalue weighted by molar-refractivity contribution is -0.122. The van der Waals surface area contributed by atoms with Gasteiger partial charge in [0.1, 0.15) is 0 Å². The number of amides is 1. The van der Waals surface area contributed by atoms with Crippen LogP contribution in [0.4, 0.5) is 11.4 Å². The number of hydrogen-bond donors (Lipinski definition) is 3. The number of benzene rings is 1. The van der Waals surface area contributed by atoms with E-state index in [9.17, 15) is 13.2 Å². The molecule has 2 saturated carbocycles. The van der Waals surface area contributed by atoms with E-state index in [1.165, 1.54) is 6.42 Å². The molecule has 2 aliphatic rings. The first-order valence-electron chi connectivity index (χ1n) is 8.88. The third-order valence-electron chi connectivity index (χ3n) is 5.51. The van der Waals surface area contributed by atoms with Crippen molar-refractivity contribution in [3.63, 3.8) is 0 Å². The highest BCUT2D eigenvalue weighted by Crippen LogP contribution is 2.42. The van der Waals surface area contributed by atoms with Crippen LogP contribution in [-0.2, 0) is 14.8 Å². The van der Waals surface area contributed by atoms with Gasteiger partial charge >= 0.3 is 0 Å². The van der Waals surface area contributed by atoms with E-state index in [2.05, 4.69) is 10.0 Å². The van der Waals surface area contributed by atoms with Gasteiger partial charge in [-0.3, -0.25) is 9.52 Å². The van der Waals surface area contributed by atoms with E-state index < -0.39 is 10.0 Å². The second-order valence-corrected chi connectivity index (χ2v) is 9.36. The standard InChI is InChI=1S/C18H27N3O3S/c1-11-6-7-15(21-25(2,23)24)16(8-11)20-18(22)14-9-12-4-3-5-13(10-14)17(12)19/h6-8,12-14,17,21H,3-5,9-10,19H2,1-2H3,(H,20,22). The van der Waals surface area contributed by atoms with E-state index >= 15 is 0 Å². The highest BCUT2D eigenvalue weighted by atomic mass is 32.2. The number of rotatable bonds is 4. The fraction of sp³-hybridized carbons (Fsp3) is 0.611. The van der Waals surface area contributed by atoms with Gasteiger partial charge in [0.15, 0.2) is 0 Å². The molecular weight excluding hydrogens is 338 g/mol. The highest BCUT2D eigenvalue weighted by molar-refractivity contribution is 7.92. The Balaban J connectivity index is 1.76. The van der Waals surface area contributed by atoms with E-state index in [-0.39, 0.29) is 17.9 Å². The quantitative estimate of drug-likeness (QED) is 0.763. The van der Waals surface area contributed by atoms with Crippen LogP contribution in [0.3, 0.4) is 0 Å². The summed E-state index contributed by atoms with van der Waals surface area (Å²) in [5.41, 5.74) is 8.17. The van der Waals surface area contributed by atoms with Crippen LogP contribution in [-0.4, -0.2) is 26.6 Å². The molecule has 0 aliphatic heterocycles. The van der Waals surface area contributed by atoms with Crippen molar-refractivity contribution in [2.75, 3.05) is 16.3 Å². The fourth-order valence-corrected chi connectivity index (χ4v) is 4.87. The van der Waals surface area contributed by atoms with Crippen LogP contribution in [0.1, 0.15) is 37.7 Å². The van der Waals surface area contributed by atoms with Gasteiger partial charge in [-0.15, -0.1) is 0 Å². The third kappa shape index (κ3) is 4.33. The molecule has 1 amide bonds. The fourth-order valence-electron chi connectivity index (χ4n) is 4.29. The lowest BCUT2D eigenvalue weighted by Crippen LogP contribution is -2.48. The molecule has 2 unspecified atom stereocenters. The van der Waals surface area contributed by atoms with Crippen molar-refractivity contribution in [1.82, 2.24) is 0 Å². The lowest BCUT2D eigenvalue weighted by Gasteiger charge is -2.43. The average molecular weight is 365 g/mol. The van der Waals surface area contributed by atoms with E-state index in [0.29, 0.717) is 23.2 Å². The Morgan fingerprint density at radius 3 is 2.40 bits per heavy atom. The average Bonchev–Trinajstić information content (AvgIpc) is 2.48. The number of carbonyl (C=O) groups is 1. The number of carbonyl (C=O) groups excluding carboxylic acids is 1. The van der Waals surface area contributed by atoms with E-state index in [0.717, 1.165) is 37.5 Å². The summed E-state index contributed by atoms with van der Waals surface area (Å²) in [6.07, 6.45) is 6.16. The normalized spacial score (nSPS) is 29.1. The van der Waals surface area contributed by atoms with Gasteiger partial charge in [0, 0.05) is 12.0 Å². The number of fused-ring (bicyclic) bond motifs is 2. The van der Waals surface area contributed by atoms with Crippen molar-refractivity contribution in [2.24, 2.45) is 23.5 Å². The summed E-state index contributed by atoms with van der Waals surface area (Å²) in [4.78, 5) is 12.8. The van der Waals surface area contributed by atoms with E-state index in [4.69, 9.17) is 5.73 Å². The van der Waals surface area contributed by atoms with Gasteiger partial charge in [0.25, 0.3) is 0 Å². The molecule has 0 radical (unpaired) electrons. The van der Waals surface area contributed by atoms with Gasteiger partial charge in [-0.25, -0.2) is 8.42 Å². The topological polar surface area (TPSA) is 101 Å². The Hall–Kier alpha value is -1.60. The molecule has 4 N–H and O–H groups in total. The molecule has 7 heteroatoms. The van der Waals surface area contributed by atoms with Crippen LogP contribution >= 0.6 is 0 Å². The minimum Gasteiger partial charge on any atom is -0.327 e. The van der Waals surface area contributed by atoms with Crippen molar-refractivity contribution in [1.29, 1.82) is 0 Å². The maximum Gasteiger partial charge on any atom is 0.229 e. The van der Waals surface area contributed by atoms with Gasteiger partial charge in [-0.2, -0.15) is 0 Å². The molecule has 0 saturated heterocycles. The summed E-state index contributed by atoms with van der Waals surface area (Å²) in [7, 11) is -3.41. The maximum atomic E-state index is 12.8. The number of nitrogens with two attached hydrogens (primary N) is 1. The molecule has 138 valence electrons. The van der Waals surface area contributed by atoms with Gasteiger partial charge in [-0.05, 0) is 62.1 Å². The number of hydrogen-bond acceptors (Lipinski definition) is 4. The molecule has 0 heterocycles. The van der Waals surface area contributed by atoms with Gasteiger partial charge < -0.3 is 11.1 Å². The zero-order valence-electron chi connectivity index (χ0n) is 14.8. The Morgan fingerprint density at radius 2 is 1.80 bits per heavy atom. The van der Waals surface area contributed by atoms with Crippen LogP contribution in [0.2, 0.25) is 0 Å². The number of anilines is 2. The monoisotopic (exact) mass is 365 g/mol. The second-order valence-electron chi connectivity index (χ2n) is 7.61. The smallest absolute Gasteiger partial charge is 0.229 e. The van der Waals surface area contributed by atoms with Crippen molar-refractivity contribution < 1.29 is 13.2 Å². The number of nitrogens with one attached hydrogen (secondary N) is 2. The summed E-state index contributed by atoms with van der Waals surface area (Å²) < 4.78 is 25.6. The Labute approximate surface area is 149 Å². The van der Waals surface area contributed by atoms with Crippen LogP contribution in [0.25, 0.3) is 0 Å². The zero-order valence-corrected chi connectivity index (χ0v) is 15.6. The number of aryl methyl sites for hydroxylation is 1. The molecule has 2 atom stereocenters. The van der Waals surface area contributed by atoms with Crippen LogP contribution < -0.4 is 15.8 Å². The van der Waals surface area contributed by atoms with Crippen molar-refractivity contribution >= 4 is 27.3 Å². The summed E-state index contributed by atoms with van der Waals surface area (Å²) >= 11 is 0. The first-order chi connectivity index (χ1) is 11.7. The van der Waals surface area contributed by atoms with E-state index in [1.807, 2.05) is 13.0 Å². The summed E-state index contributed by atoms with van der Waals surface area (Å²) in [6.45, 7) is 1.91. The Kier molecular flexibility index (Phi) is 5.06.